The highest BCUT2D eigenvalue weighted by Gasteiger charge is 2.61. The Bertz CT molecular complexity index is 1020. The monoisotopic (exact) mass is 502 g/mol. The van der Waals surface area contributed by atoms with Crippen molar-refractivity contribution in [3.05, 3.63) is 49.2 Å². The number of β-lactam (4-membered cyclic amide) rings is 1. The molecule has 3 heterocycles. The van der Waals surface area contributed by atoms with Gasteiger partial charge in [-0.2, -0.15) is 0 Å². The van der Waals surface area contributed by atoms with Crippen LogP contribution in [0, 0.1) is 11.8 Å². The molecule has 3 aliphatic rings. The number of piperidine rings is 1. The lowest BCUT2D eigenvalue weighted by molar-refractivity contribution is -0.164. The summed E-state index contributed by atoms with van der Waals surface area (Å²) in [5.41, 5.74) is 0.687. The van der Waals surface area contributed by atoms with E-state index < -0.39 is 30.2 Å². The van der Waals surface area contributed by atoms with E-state index in [1.807, 2.05) is 0 Å². The van der Waals surface area contributed by atoms with Gasteiger partial charge in [0.2, 0.25) is 11.9 Å². The molecule has 36 heavy (non-hydrogen) atoms. The molecule has 2 saturated heterocycles. The van der Waals surface area contributed by atoms with E-state index in [0.717, 1.165) is 0 Å². The molecule has 3 rings (SSSR count). The van der Waals surface area contributed by atoms with E-state index in [4.69, 9.17) is 14.2 Å². The Balaban J connectivity index is 1.93. The first kappa shape index (κ1) is 26.7. The van der Waals surface area contributed by atoms with Crippen molar-refractivity contribution in [1.82, 2.24) is 15.1 Å². The molecule has 0 spiro atoms. The van der Waals surface area contributed by atoms with Crippen molar-refractivity contribution >= 4 is 30.0 Å². The van der Waals surface area contributed by atoms with E-state index in [2.05, 4.69) is 30.0 Å². The van der Waals surface area contributed by atoms with Gasteiger partial charge >= 0.3 is 18.2 Å². The van der Waals surface area contributed by atoms with Gasteiger partial charge < -0.3 is 29.1 Å². The predicted octanol–water partition coefficient (Wildman–Crippen LogP) is 1.10. The summed E-state index contributed by atoms with van der Waals surface area (Å²) in [5.74, 6) is -2.06. The molecule has 0 aromatic heterocycles. The normalized spacial score (nSPS) is 23.6. The smallest absolute Gasteiger partial charge is 0.437 e. The number of likely N-dealkylation sites (tertiary alicyclic amines) is 1. The maximum atomic E-state index is 12.9. The molecule has 2 fully saturated rings. The number of aliphatic imine (C=N–C) groups is 1. The zero-order valence-corrected chi connectivity index (χ0v) is 20.1. The maximum absolute atomic E-state index is 12.9. The Labute approximate surface area is 208 Å². The summed E-state index contributed by atoms with van der Waals surface area (Å²) >= 11 is 0. The van der Waals surface area contributed by atoms with Gasteiger partial charge in [0.05, 0.1) is 18.1 Å². The van der Waals surface area contributed by atoms with Crippen molar-refractivity contribution in [3.8, 4) is 0 Å². The minimum Gasteiger partial charge on any atom is -0.457 e. The van der Waals surface area contributed by atoms with Crippen LogP contribution >= 0.6 is 0 Å². The molecule has 194 valence electrons. The van der Waals surface area contributed by atoms with Gasteiger partial charge in [0.25, 0.3) is 0 Å². The molecule has 0 aromatic rings. The third kappa shape index (κ3) is 5.33. The van der Waals surface area contributed by atoms with Crippen molar-refractivity contribution in [3.63, 3.8) is 0 Å². The number of carbonyl (C=O) groups is 4. The molecule has 12 nitrogen and oxygen atoms in total. The average molecular weight is 503 g/mol. The lowest BCUT2D eigenvalue weighted by Gasteiger charge is -2.48. The Morgan fingerprint density at radius 2 is 1.78 bits per heavy atom. The van der Waals surface area contributed by atoms with E-state index in [1.54, 1.807) is 11.8 Å². The van der Waals surface area contributed by atoms with Gasteiger partial charge in [-0.15, -0.1) is 4.99 Å². The summed E-state index contributed by atoms with van der Waals surface area (Å²) in [6, 6.07) is -0.385. The number of hydrogen-bond acceptors (Lipinski definition) is 8. The van der Waals surface area contributed by atoms with Gasteiger partial charge in [-0.1, -0.05) is 38.0 Å². The Morgan fingerprint density at radius 1 is 1.14 bits per heavy atom. The predicted molar refractivity (Wildman–Crippen MR) is 127 cm³/mol. The highest BCUT2D eigenvalue weighted by Crippen LogP contribution is 2.50. The van der Waals surface area contributed by atoms with E-state index in [0.29, 0.717) is 18.5 Å². The number of hydrogen-bond donors (Lipinski definition) is 2. The summed E-state index contributed by atoms with van der Waals surface area (Å²) < 4.78 is 15.1. The minimum absolute atomic E-state index is 0.0466. The summed E-state index contributed by atoms with van der Waals surface area (Å²) in [7, 11) is 0. The number of amides is 3. The van der Waals surface area contributed by atoms with Gasteiger partial charge in [-0.25, -0.2) is 14.4 Å². The van der Waals surface area contributed by atoms with Crippen molar-refractivity contribution in [2.75, 3.05) is 32.9 Å². The lowest BCUT2D eigenvalue weighted by Crippen LogP contribution is -2.64. The number of aliphatic hydroxyl groups excluding tert-OH is 1. The van der Waals surface area contributed by atoms with Gasteiger partial charge in [-0.05, 0) is 18.9 Å². The zero-order chi connectivity index (χ0) is 26.4. The molecule has 2 N–H and O–H groups in total. The van der Waals surface area contributed by atoms with Crippen LogP contribution in [0.4, 0.5) is 9.59 Å². The number of guanidine groups is 1. The Morgan fingerprint density at radius 3 is 2.42 bits per heavy atom. The van der Waals surface area contributed by atoms with Crippen LogP contribution in [0.2, 0.25) is 0 Å². The van der Waals surface area contributed by atoms with Crippen molar-refractivity contribution in [2.24, 2.45) is 16.8 Å². The molecule has 0 unspecified atom stereocenters. The van der Waals surface area contributed by atoms with E-state index >= 15 is 0 Å². The fourth-order valence-corrected chi connectivity index (χ4v) is 4.67. The highest BCUT2D eigenvalue weighted by molar-refractivity contribution is 6.02. The third-order valence-electron chi connectivity index (χ3n) is 6.08. The molecule has 3 amide bonds. The second-order valence-corrected chi connectivity index (χ2v) is 8.36. The maximum Gasteiger partial charge on any atom is 0.437 e. The van der Waals surface area contributed by atoms with Crippen LogP contribution in [0.15, 0.2) is 54.2 Å². The highest BCUT2D eigenvalue weighted by atomic mass is 16.6. The van der Waals surface area contributed by atoms with Gasteiger partial charge in [-0.3, -0.25) is 10.1 Å². The third-order valence-corrected chi connectivity index (χ3v) is 6.08. The molecule has 4 atom stereocenters. The topological polar surface area (TPSA) is 147 Å². The molecule has 3 aliphatic heterocycles. The SMILES string of the molecule is C=CCOC(=O)/N=C(\NC(=O)OCC=C)N1CC[C@H]2C(=C(C(=O)OCC=C)N3C(=O)[C@H]([C@@H](C)O)[C@@H]23)C1. The van der Waals surface area contributed by atoms with Crippen LogP contribution in [-0.4, -0.2) is 90.0 Å². The lowest BCUT2D eigenvalue weighted by atomic mass is 9.74. The van der Waals surface area contributed by atoms with Gasteiger partial charge in [0.1, 0.15) is 25.5 Å². The first-order valence-electron chi connectivity index (χ1n) is 11.4. The van der Waals surface area contributed by atoms with Crippen molar-refractivity contribution in [2.45, 2.75) is 25.5 Å². The fourth-order valence-electron chi connectivity index (χ4n) is 4.67. The number of esters is 1. The standard InChI is InChI=1S/C24H30N4O8/c1-5-10-34-21(31)19-16-13-27(9-8-15(16)18-17(14(4)29)20(30)28(18)19)22(25-23(32)35-11-6-2)26-24(33)36-12-7-3/h5-7,14-15,17-18,29H,1-3,8-13H2,4H3,(H,25,26,32,33)/t14-,15+,17-,18-/m1/s1. The van der Waals surface area contributed by atoms with E-state index in [9.17, 15) is 24.3 Å². The Kier molecular flexibility index (Phi) is 8.64. The summed E-state index contributed by atoms with van der Waals surface area (Å²) in [5, 5.41) is 12.6. The summed E-state index contributed by atoms with van der Waals surface area (Å²) in [6.45, 7) is 12.2. The number of ether oxygens (including phenoxy) is 3. The number of fused-ring (bicyclic) bond motifs is 3. The molecular formula is C24H30N4O8. The van der Waals surface area contributed by atoms with Crippen LogP contribution in [0.3, 0.4) is 0 Å². The van der Waals surface area contributed by atoms with E-state index in [1.165, 1.54) is 23.1 Å². The zero-order valence-electron chi connectivity index (χ0n) is 20.1. The second kappa shape index (κ2) is 11.7. The largest absolute Gasteiger partial charge is 0.457 e. The van der Waals surface area contributed by atoms with Gasteiger partial charge in [0.15, 0.2) is 0 Å². The average Bonchev–Trinajstić information content (AvgIpc) is 3.13. The summed E-state index contributed by atoms with van der Waals surface area (Å²) in [4.78, 5) is 57.0. The number of carbonyl (C=O) groups excluding carboxylic acids is 4. The first-order valence-corrected chi connectivity index (χ1v) is 11.4. The molecule has 0 aromatic carbocycles. The number of nitrogens with zero attached hydrogens (tertiary/aromatic N) is 3. The number of rotatable bonds is 8. The van der Waals surface area contributed by atoms with E-state index in [-0.39, 0.29) is 55.9 Å². The first-order chi connectivity index (χ1) is 17.2. The molecule has 0 aliphatic carbocycles. The molecular weight excluding hydrogens is 472 g/mol. The van der Waals surface area contributed by atoms with Crippen LogP contribution in [0.1, 0.15) is 13.3 Å². The summed E-state index contributed by atoms with van der Waals surface area (Å²) in [6.07, 6.45) is 1.89. The van der Waals surface area contributed by atoms with Crippen LogP contribution in [-0.2, 0) is 23.8 Å². The number of alkyl carbamates (subject to hydrolysis) is 1. The van der Waals surface area contributed by atoms with Crippen LogP contribution in [0.25, 0.3) is 0 Å². The Hall–Kier alpha value is -3.93. The molecule has 0 radical (unpaired) electrons. The second-order valence-electron chi connectivity index (χ2n) is 8.36. The quantitative estimate of drug-likeness (QED) is 0.124. The number of aliphatic hydroxyl groups is 1. The fraction of sp³-hybridized carbons (Fsp3) is 0.458. The molecule has 0 saturated carbocycles. The molecule has 12 heteroatoms. The van der Waals surface area contributed by atoms with Crippen molar-refractivity contribution in [1.29, 1.82) is 0 Å². The van der Waals surface area contributed by atoms with Crippen LogP contribution in [0.5, 0.6) is 0 Å². The van der Waals surface area contributed by atoms with Crippen molar-refractivity contribution < 1.29 is 38.5 Å². The minimum atomic E-state index is -0.963. The number of nitrogens with one attached hydrogen (secondary N) is 1. The van der Waals surface area contributed by atoms with Gasteiger partial charge in [0, 0.05) is 19.0 Å². The molecule has 0 bridgehead atoms. The van der Waals surface area contributed by atoms with Crippen LogP contribution < -0.4 is 5.32 Å².